The van der Waals surface area contributed by atoms with E-state index in [2.05, 4.69) is 58.6 Å². The first kappa shape index (κ1) is 14.3. The third-order valence-electron chi connectivity index (χ3n) is 4.52. The van der Waals surface area contributed by atoms with Gasteiger partial charge in [0.25, 0.3) is 0 Å². The lowest BCUT2D eigenvalue weighted by molar-refractivity contribution is 0.123. The van der Waals surface area contributed by atoms with Crippen LogP contribution in [-0.2, 0) is 4.74 Å². The summed E-state index contributed by atoms with van der Waals surface area (Å²) in [4.78, 5) is 6.92. The third-order valence-corrected chi connectivity index (χ3v) is 4.52. The SMILES string of the molecule is Cc1ccc(C)c(-c2cc(N3CCOCC3)c3nccn3c2)c1. The van der Waals surface area contributed by atoms with Crippen LogP contribution in [0.25, 0.3) is 16.8 Å². The lowest BCUT2D eigenvalue weighted by Crippen LogP contribution is -2.36. The molecule has 1 fully saturated rings. The van der Waals surface area contributed by atoms with Gasteiger partial charge in [-0.05, 0) is 31.0 Å². The molecule has 23 heavy (non-hydrogen) atoms. The molecule has 0 radical (unpaired) electrons. The molecule has 1 aromatic carbocycles. The van der Waals surface area contributed by atoms with Gasteiger partial charge in [0.1, 0.15) is 0 Å². The van der Waals surface area contributed by atoms with Gasteiger partial charge in [-0.1, -0.05) is 23.8 Å². The standard InChI is InChI=1S/C19H21N3O/c1-14-3-4-15(2)17(11-14)16-12-18(21-7-9-23-10-8-21)19-20-5-6-22(19)13-16/h3-6,11-13H,7-10H2,1-2H3. The lowest BCUT2D eigenvalue weighted by atomic mass is 9.99. The Balaban J connectivity index is 1.89. The molecule has 0 atom stereocenters. The zero-order valence-electron chi connectivity index (χ0n) is 13.6. The fourth-order valence-corrected chi connectivity index (χ4v) is 3.25. The summed E-state index contributed by atoms with van der Waals surface area (Å²) in [7, 11) is 0. The predicted molar refractivity (Wildman–Crippen MR) is 93.1 cm³/mol. The molecule has 1 aliphatic heterocycles. The molecule has 1 saturated heterocycles. The van der Waals surface area contributed by atoms with Crippen LogP contribution >= 0.6 is 0 Å². The van der Waals surface area contributed by atoms with E-state index in [4.69, 9.17) is 4.74 Å². The number of pyridine rings is 1. The van der Waals surface area contributed by atoms with Gasteiger partial charge in [-0.2, -0.15) is 0 Å². The van der Waals surface area contributed by atoms with E-state index in [0.717, 1.165) is 32.0 Å². The maximum absolute atomic E-state index is 5.50. The van der Waals surface area contributed by atoms with E-state index in [1.54, 1.807) is 0 Å². The maximum atomic E-state index is 5.50. The summed E-state index contributed by atoms with van der Waals surface area (Å²) in [5.41, 5.74) is 7.30. The summed E-state index contributed by atoms with van der Waals surface area (Å²) < 4.78 is 7.62. The zero-order chi connectivity index (χ0) is 15.8. The molecule has 4 heteroatoms. The summed E-state index contributed by atoms with van der Waals surface area (Å²) in [5.74, 6) is 0. The fourth-order valence-electron chi connectivity index (χ4n) is 3.25. The summed E-state index contributed by atoms with van der Waals surface area (Å²) in [6.07, 6.45) is 6.06. The van der Waals surface area contributed by atoms with E-state index in [-0.39, 0.29) is 0 Å². The topological polar surface area (TPSA) is 29.8 Å². The van der Waals surface area contributed by atoms with E-state index in [1.165, 1.54) is 27.9 Å². The number of morpholine rings is 1. The molecular weight excluding hydrogens is 286 g/mol. The maximum Gasteiger partial charge on any atom is 0.160 e. The van der Waals surface area contributed by atoms with Crippen LogP contribution in [0.2, 0.25) is 0 Å². The number of imidazole rings is 1. The van der Waals surface area contributed by atoms with Crippen LogP contribution in [0, 0.1) is 13.8 Å². The highest BCUT2D eigenvalue weighted by molar-refractivity contribution is 5.78. The average molecular weight is 307 g/mol. The summed E-state index contributed by atoms with van der Waals surface area (Å²) >= 11 is 0. The first-order valence-electron chi connectivity index (χ1n) is 8.09. The van der Waals surface area contributed by atoms with Crippen molar-refractivity contribution in [2.75, 3.05) is 31.2 Å². The van der Waals surface area contributed by atoms with Crippen molar-refractivity contribution in [1.82, 2.24) is 9.38 Å². The van der Waals surface area contributed by atoms with Crippen LogP contribution in [0.3, 0.4) is 0 Å². The number of aryl methyl sites for hydroxylation is 2. The molecule has 1 aliphatic rings. The molecule has 4 rings (SSSR count). The minimum atomic E-state index is 0.778. The lowest BCUT2D eigenvalue weighted by Gasteiger charge is -2.29. The van der Waals surface area contributed by atoms with E-state index in [1.807, 2.05) is 12.4 Å². The number of aromatic nitrogens is 2. The van der Waals surface area contributed by atoms with Crippen molar-refractivity contribution in [2.24, 2.45) is 0 Å². The van der Waals surface area contributed by atoms with Gasteiger partial charge in [0.05, 0.1) is 18.9 Å². The van der Waals surface area contributed by atoms with E-state index in [0.29, 0.717) is 0 Å². The molecule has 3 heterocycles. The van der Waals surface area contributed by atoms with Gasteiger partial charge in [0.2, 0.25) is 0 Å². The van der Waals surface area contributed by atoms with Crippen molar-refractivity contribution in [3.05, 3.63) is 54.0 Å². The van der Waals surface area contributed by atoms with Crippen LogP contribution in [0.5, 0.6) is 0 Å². The number of hydrogen-bond donors (Lipinski definition) is 0. The zero-order valence-corrected chi connectivity index (χ0v) is 13.6. The Morgan fingerprint density at radius 2 is 1.91 bits per heavy atom. The molecule has 0 amide bonds. The Morgan fingerprint density at radius 1 is 1.09 bits per heavy atom. The van der Waals surface area contributed by atoms with Crippen molar-refractivity contribution in [1.29, 1.82) is 0 Å². The van der Waals surface area contributed by atoms with Gasteiger partial charge >= 0.3 is 0 Å². The predicted octanol–water partition coefficient (Wildman–Crippen LogP) is 3.45. The van der Waals surface area contributed by atoms with Gasteiger partial charge in [0, 0.05) is 37.2 Å². The van der Waals surface area contributed by atoms with Crippen LogP contribution in [0.4, 0.5) is 5.69 Å². The second-order valence-corrected chi connectivity index (χ2v) is 6.19. The Labute approximate surface area is 136 Å². The Morgan fingerprint density at radius 3 is 2.74 bits per heavy atom. The number of nitrogens with zero attached hydrogens (tertiary/aromatic N) is 3. The highest BCUT2D eigenvalue weighted by Gasteiger charge is 2.17. The fraction of sp³-hybridized carbons (Fsp3) is 0.316. The normalized spacial score (nSPS) is 15.3. The number of anilines is 1. The van der Waals surface area contributed by atoms with Crippen molar-refractivity contribution in [3.8, 4) is 11.1 Å². The molecule has 0 saturated carbocycles. The van der Waals surface area contributed by atoms with Crippen LogP contribution in [0.15, 0.2) is 42.9 Å². The Hall–Kier alpha value is -2.33. The summed E-state index contributed by atoms with van der Waals surface area (Å²) in [6.45, 7) is 7.70. The number of hydrogen-bond acceptors (Lipinski definition) is 3. The van der Waals surface area contributed by atoms with Crippen molar-refractivity contribution >= 4 is 11.3 Å². The summed E-state index contributed by atoms with van der Waals surface area (Å²) in [5, 5.41) is 0. The van der Waals surface area contributed by atoms with Crippen molar-refractivity contribution < 1.29 is 4.74 Å². The second-order valence-electron chi connectivity index (χ2n) is 6.19. The molecule has 0 bridgehead atoms. The van der Waals surface area contributed by atoms with Gasteiger partial charge in [-0.15, -0.1) is 0 Å². The molecule has 0 spiro atoms. The number of benzene rings is 1. The Kier molecular flexibility index (Phi) is 3.54. The minimum Gasteiger partial charge on any atom is -0.378 e. The van der Waals surface area contributed by atoms with Gasteiger partial charge < -0.3 is 14.0 Å². The quantitative estimate of drug-likeness (QED) is 0.726. The van der Waals surface area contributed by atoms with Gasteiger partial charge in [0.15, 0.2) is 5.65 Å². The number of rotatable bonds is 2. The van der Waals surface area contributed by atoms with E-state index >= 15 is 0 Å². The monoisotopic (exact) mass is 307 g/mol. The molecular formula is C19H21N3O. The molecule has 118 valence electrons. The number of fused-ring (bicyclic) bond motifs is 1. The molecule has 2 aromatic heterocycles. The average Bonchev–Trinajstić information content (AvgIpc) is 3.05. The second kappa shape index (κ2) is 5.70. The smallest absolute Gasteiger partial charge is 0.160 e. The van der Waals surface area contributed by atoms with Crippen LogP contribution in [-0.4, -0.2) is 35.7 Å². The first-order chi connectivity index (χ1) is 11.2. The third kappa shape index (κ3) is 2.59. The molecule has 3 aromatic rings. The molecule has 0 unspecified atom stereocenters. The molecule has 0 N–H and O–H groups in total. The van der Waals surface area contributed by atoms with E-state index in [9.17, 15) is 0 Å². The van der Waals surface area contributed by atoms with Gasteiger partial charge in [-0.25, -0.2) is 4.98 Å². The first-order valence-corrected chi connectivity index (χ1v) is 8.09. The van der Waals surface area contributed by atoms with Crippen LogP contribution < -0.4 is 4.90 Å². The number of ether oxygens (including phenoxy) is 1. The van der Waals surface area contributed by atoms with Crippen molar-refractivity contribution in [2.45, 2.75) is 13.8 Å². The largest absolute Gasteiger partial charge is 0.378 e. The molecule has 0 aliphatic carbocycles. The Bertz CT molecular complexity index is 847. The minimum absolute atomic E-state index is 0.778. The highest BCUT2D eigenvalue weighted by atomic mass is 16.5. The summed E-state index contributed by atoms with van der Waals surface area (Å²) in [6, 6.07) is 8.89. The molecule has 4 nitrogen and oxygen atoms in total. The van der Waals surface area contributed by atoms with Gasteiger partial charge in [-0.3, -0.25) is 0 Å². The van der Waals surface area contributed by atoms with Crippen LogP contribution in [0.1, 0.15) is 11.1 Å². The highest BCUT2D eigenvalue weighted by Crippen LogP contribution is 2.31. The van der Waals surface area contributed by atoms with E-state index < -0.39 is 0 Å². The van der Waals surface area contributed by atoms with Crippen molar-refractivity contribution in [3.63, 3.8) is 0 Å².